The van der Waals surface area contributed by atoms with E-state index in [1.165, 1.54) is 0 Å². The van der Waals surface area contributed by atoms with Crippen LogP contribution in [0.25, 0.3) is 0 Å². The van der Waals surface area contributed by atoms with E-state index >= 15 is 0 Å². The van der Waals surface area contributed by atoms with Gasteiger partial charge in [-0.25, -0.2) is 0 Å². The summed E-state index contributed by atoms with van der Waals surface area (Å²) in [6.45, 7) is 3.40. The number of aromatic hydroxyl groups is 1. The van der Waals surface area contributed by atoms with E-state index < -0.39 is 0 Å². The van der Waals surface area contributed by atoms with E-state index in [0.29, 0.717) is 25.3 Å². The van der Waals surface area contributed by atoms with Crippen molar-refractivity contribution < 1.29 is 14.9 Å². The second-order valence-electron chi connectivity index (χ2n) is 5.16. The van der Waals surface area contributed by atoms with Crippen LogP contribution >= 0.6 is 0 Å². The van der Waals surface area contributed by atoms with E-state index in [1.807, 2.05) is 43.3 Å². The predicted molar refractivity (Wildman–Crippen MR) is 88.5 cm³/mol. The summed E-state index contributed by atoms with van der Waals surface area (Å²) in [4.78, 5) is 0. The van der Waals surface area contributed by atoms with Crippen LogP contribution in [-0.2, 0) is 13.0 Å². The van der Waals surface area contributed by atoms with Gasteiger partial charge in [0, 0.05) is 30.5 Å². The van der Waals surface area contributed by atoms with Crippen molar-refractivity contribution in [2.45, 2.75) is 26.3 Å². The van der Waals surface area contributed by atoms with Gasteiger partial charge < -0.3 is 20.3 Å². The van der Waals surface area contributed by atoms with E-state index in [2.05, 4.69) is 5.32 Å². The van der Waals surface area contributed by atoms with Crippen molar-refractivity contribution in [1.82, 2.24) is 0 Å². The van der Waals surface area contributed by atoms with Gasteiger partial charge in [0.25, 0.3) is 0 Å². The number of phenols is 1. The SMILES string of the molecule is CCCOc1ccc(CNc2ccc(CCO)cc2)c(O)c1. The molecule has 2 rings (SSSR count). The summed E-state index contributed by atoms with van der Waals surface area (Å²) in [5.41, 5.74) is 2.91. The Balaban J connectivity index is 1.93. The average Bonchev–Trinajstić information content (AvgIpc) is 2.54. The first kappa shape index (κ1) is 16.2. The number of aliphatic hydroxyl groups excluding tert-OH is 1. The van der Waals surface area contributed by atoms with Crippen molar-refractivity contribution in [1.29, 1.82) is 0 Å². The third-order valence-corrected chi connectivity index (χ3v) is 3.37. The third kappa shape index (κ3) is 4.67. The largest absolute Gasteiger partial charge is 0.507 e. The lowest BCUT2D eigenvalue weighted by atomic mass is 10.1. The Kier molecular flexibility index (Phi) is 6.10. The number of anilines is 1. The molecule has 0 aliphatic rings. The Hall–Kier alpha value is -2.20. The van der Waals surface area contributed by atoms with E-state index in [-0.39, 0.29) is 12.4 Å². The number of hydrogen-bond acceptors (Lipinski definition) is 4. The Morgan fingerprint density at radius 1 is 1.09 bits per heavy atom. The number of rotatable bonds is 8. The number of benzene rings is 2. The monoisotopic (exact) mass is 301 g/mol. The fourth-order valence-electron chi connectivity index (χ4n) is 2.12. The molecule has 0 aliphatic carbocycles. The van der Waals surface area contributed by atoms with Crippen molar-refractivity contribution in [2.75, 3.05) is 18.5 Å². The first-order valence-corrected chi connectivity index (χ1v) is 7.61. The lowest BCUT2D eigenvalue weighted by Crippen LogP contribution is -2.01. The highest BCUT2D eigenvalue weighted by Gasteiger charge is 2.04. The van der Waals surface area contributed by atoms with Gasteiger partial charge >= 0.3 is 0 Å². The molecule has 2 aromatic rings. The summed E-state index contributed by atoms with van der Waals surface area (Å²) in [5, 5.41) is 22.2. The van der Waals surface area contributed by atoms with Crippen LogP contribution in [0.15, 0.2) is 42.5 Å². The Morgan fingerprint density at radius 3 is 2.50 bits per heavy atom. The molecule has 0 aliphatic heterocycles. The molecule has 118 valence electrons. The van der Waals surface area contributed by atoms with Crippen LogP contribution in [-0.4, -0.2) is 23.4 Å². The highest BCUT2D eigenvalue weighted by atomic mass is 16.5. The molecule has 0 spiro atoms. The summed E-state index contributed by atoms with van der Waals surface area (Å²) in [5.74, 6) is 0.925. The van der Waals surface area contributed by atoms with Crippen LogP contribution in [0.4, 0.5) is 5.69 Å². The zero-order valence-electron chi connectivity index (χ0n) is 12.9. The maximum atomic E-state index is 10.0. The molecular formula is C18H23NO3. The Bertz CT molecular complexity index is 581. The van der Waals surface area contributed by atoms with Gasteiger partial charge in [-0.3, -0.25) is 0 Å². The maximum Gasteiger partial charge on any atom is 0.124 e. The van der Waals surface area contributed by atoms with Crippen LogP contribution in [0.1, 0.15) is 24.5 Å². The minimum atomic E-state index is 0.160. The quantitative estimate of drug-likeness (QED) is 0.700. The summed E-state index contributed by atoms with van der Waals surface area (Å²) in [6.07, 6.45) is 1.61. The second-order valence-corrected chi connectivity index (χ2v) is 5.16. The lowest BCUT2D eigenvalue weighted by molar-refractivity contribution is 0.299. The standard InChI is InChI=1S/C18H23NO3/c1-2-11-22-17-8-5-15(18(21)12-17)13-19-16-6-3-14(4-7-16)9-10-20/h3-8,12,19-21H,2,9-11,13H2,1H3. The van der Waals surface area contributed by atoms with E-state index in [1.54, 1.807) is 6.07 Å². The van der Waals surface area contributed by atoms with Gasteiger partial charge in [0.15, 0.2) is 0 Å². The van der Waals surface area contributed by atoms with Crippen LogP contribution in [0.3, 0.4) is 0 Å². The second kappa shape index (κ2) is 8.29. The van der Waals surface area contributed by atoms with Crippen LogP contribution in [0.2, 0.25) is 0 Å². The minimum absolute atomic E-state index is 0.160. The van der Waals surface area contributed by atoms with Gasteiger partial charge in [0.05, 0.1) is 6.61 Å². The molecule has 0 bridgehead atoms. The fourth-order valence-corrected chi connectivity index (χ4v) is 2.12. The third-order valence-electron chi connectivity index (χ3n) is 3.37. The number of nitrogens with one attached hydrogen (secondary N) is 1. The van der Waals surface area contributed by atoms with Gasteiger partial charge in [-0.15, -0.1) is 0 Å². The summed E-state index contributed by atoms with van der Waals surface area (Å²) < 4.78 is 5.49. The van der Waals surface area contributed by atoms with Crippen molar-refractivity contribution in [3.63, 3.8) is 0 Å². The highest BCUT2D eigenvalue weighted by Crippen LogP contribution is 2.24. The van der Waals surface area contributed by atoms with Crippen LogP contribution in [0, 0.1) is 0 Å². The van der Waals surface area contributed by atoms with Gasteiger partial charge in [0.1, 0.15) is 11.5 Å². The molecule has 0 atom stereocenters. The predicted octanol–water partition coefficient (Wildman–Crippen LogP) is 3.33. The molecule has 2 aromatic carbocycles. The van der Waals surface area contributed by atoms with Gasteiger partial charge in [0.2, 0.25) is 0 Å². The fraction of sp³-hybridized carbons (Fsp3) is 0.333. The normalized spacial score (nSPS) is 10.5. The van der Waals surface area contributed by atoms with E-state index in [4.69, 9.17) is 9.84 Å². The number of hydrogen-bond donors (Lipinski definition) is 3. The summed E-state index contributed by atoms with van der Waals surface area (Å²) >= 11 is 0. The highest BCUT2D eigenvalue weighted by molar-refractivity contribution is 5.47. The molecule has 0 fully saturated rings. The van der Waals surface area contributed by atoms with Crippen LogP contribution < -0.4 is 10.1 Å². The zero-order valence-corrected chi connectivity index (χ0v) is 12.9. The molecule has 22 heavy (non-hydrogen) atoms. The van der Waals surface area contributed by atoms with Crippen molar-refractivity contribution in [3.05, 3.63) is 53.6 Å². The molecule has 4 heteroatoms. The van der Waals surface area contributed by atoms with Crippen molar-refractivity contribution >= 4 is 5.69 Å². The molecule has 0 aromatic heterocycles. The minimum Gasteiger partial charge on any atom is -0.507 e. The van der Waals surface area contributed by atoms with Crippen molar-refractivity contribution in [2.24, 2.45) is 0 Å². The molecule has 0 saturated heterocycles. The van der Waals surface area contributed by atoms with E-state index in [0.717, 1.165) is 23.2 Å². The van der Waals surface area contributed by atoms with E-state index in [9.17, 15) is 5.11 Å². The molecule has 3 N–H and O–H groups in total. The Labute approximate surface area is 131 Å². The molecule has 0 saturated carbocycles. The molecule has 0 amide bonds. The lowest BCUT2D eigenvalue weighted by Gasteiger charge is -2.11. The van der Waals surface area contributed by atoms with Gasteiger partial charge in [-0.05, 0) is 42.7 Å². The number of aliphatic hydroxyl groups is 1. The average molecular weight is 301 g/mol. The first-order valence-electron chi connectivity index (χ1n) is 7.61. The number of ether oxygens (including phenoxy) is 1. The first-order chi connectivity index (χ1) is 10.7. The van der Waals surface area contributed by atoms with Gasteiger partial charge in [-0.1, -0.05) is 19.1 Å². The van der Waals surface area contributed by atoms with Crippen molar-refractivity contribution in [3.8, 4) is 11.5 Å². The molecule has 4 nitrogen and oxygen atoms in total. The molecule has 0 unspecified atom stereocenters. The smallest absolute Gasteiger partial charge is 0.124 e. The number of phenolic OH excluding ortho intramolecular Hbond substituents is 1. The molecule has 0 radical (unpaired) electrons. The topological polar surface area (TPSA) is 61.7 Å². The summed E-state index contributed by atoms with van der Waals surface area (Å²) in [6, 6.07) is 13.3. The van der Waals surface area contributed by atoms with Crippen LogP contribution in [0.5, 0.6) is 11.5 Å². The summed E-state index contributed by atoms with van der Waals surface area (Å²) in [7, 11) is 0. The molecule has 0 heterocycles. The van der Waals surface area contributed by atoms with Gasteiger partial charge in [-0.2, -0.15) is 0 Å². The zero-order chi connectivity index (χ0) is 15.8. The maximum absolute atomic E-state index is 10.0. The Morgan fingerprint density at radius 2 is 1.86 bits per heavy atom. The molecular weight excluding hydrogens is 278 g/mol.